The van der Waals surface area contributed by atoms with Crippen LogP contribution in [-0.2, 0) is 6.42 Å². The smallest absolute Gasteiger partial charge is 0.396 e. The monoisotopic (exact) mass is 273 g/mol. The predicted octanol–water partition coefficient (Wildman–Crippen LogP) is 2.92. The van der Waals surface area contributed by atoms with Crippen molar-refractivity contribution in [1.82, 2.24) is 4.90 Å². The van der Waals surface area contributed by atoms with Crippen molar-refractivity contribution >= 4 is 0 Å². The SMILES string of the molecule is OCCCN(CC(F)(F)F)C1CCc2ccccc21. The van der Waals surface area contributed by atoms with Gasteiger partial charge in [-0.1, -0.05) is 24.3 Å². The third-order valence-electron chi connectivity index (χ3n) is 3.53. The molecule has 2 rings (SSSR count). The van der Waals surface area contributed by atoms with E-state index in [2.05, 4.69) is 0 Å². The van der Waals surface area contributed by atoms with E-state index in [0.717, 1.165) is 24.0 Å². The second kappa shape index (κ2) is 5.92. The fourth-order valence-electron chi connectivity index (χ4n) is 2.76. The zero-order valence-electron chi connectivity index (χ0n) is 10.7. The normalized spacial score (nSPS) is 18.9. The first kappa shape index (κ1) is 14.3. The summed E-state index contributed by atoms with van der Waals surface area (Å²) in [7, 11) is 0. The fourth-order valence-corrected chi connectivity index (χ4v) is 2.76. The molecule has 0 radical (unpaired) electrons. The van der Waals surface area contributed by atoms with Gasteiger partial charge in [-0.05, 0) is 30.4 Å². The molecule has 19 heavy (non-hydrogen) atoms. The maximum Gasteiger partial charge on any atom is 0.401 e. The first-order valence-electron chi connectivity index (χ1n) is 6.51. The largest absolute Gasteiger partial charge is 0.401 e. The Morgan fingerprint density at radius 1 is 1.26 bits per heavy atom. The minimum absolute atomic E-state index is 0.0806. The molecule has 0 fully saturated rings. The number of hydrogen-bond acceptors (Lipinski definition) is 2. The van der Waals surface area contributed by atoms with Gasteiger partial charge in [0.25, 0.3) is 0 Å². The lowest BCUT2D eigenvalue weighted by molar-refractivity contribution is -0.151. The molecule has 5 heteroatoms. The van der Waals surface area contributed by atoms with E-state index in [0.29, 0.717) is 6.42 Å². The molecule has 1 N–H and O–H groups in total. The number of alkyl halides is 3. The maximum atomic E-state index is 12.7. The van der Waals surface area contributed by atoms with Crippen molar-refractivity contribution in [2.45, 2.75) is 31.5 Å². The van der Waals surface area contributed by atoms with Crippen LogP contribution in [-0.4, -0.2) is 35.9 Å². The minimum Gasteiger partial charge on any atom is -0.396 e. The Morgan fingerprint density at radius 3 is 2.68 bits per heavy atom. The first-order valence-corrected chi connectivity index (χ1v) is 6.51. The van der Waals surface area contributed by atoms with Crippen molar-refractivity contribution in [1.29, 1.82) is 0 Å². The molecular weight excluding hydrogens is 255 g/mol. The van der Waals surface area contributed by atoms with E-state index in [1.54, 1.807) is 0 Å². The van der Waals surface area contributed by atoms with Crippen molar-refractivity contribution < 1.29 is 18.3 Å². The van der Waals surface area contributed by atoms with Crippen LogP contribution < -0.4 is 0 Å². The van der Waals surface area contributed by atoms with E-state index in [4.69, 9.17) is 5.11 Å². The van der Waals surface area contributed by atoms with Crippen LogP contribution in [0.5, 0.6) is 0 Å². The Labute approximate surface area is 110 Å². The summed E-state index contributed by atoms with van der Waals surface area (Å²) in [5.74, 6) is 0. The molecule has 0 aliphatic heterocycles. The summed E-state index contributed by atoms with van der Waals surface area (Å²) in [5, 5.41) is 8.84. The van der Waals surface area contributed by atoms with Crippen LogP contribution in [0.2, 0.25) is 0 Å². The van der Waals surface area contributed by atoms with Crippen molar-refractivity contribution in [3.8, 4) is 0 Å². The van der Waals surface area contributed by atoms with Crippen LogP contribution in [0.15, 0.2) is 24.3 Å². The van der Waals surface area contributed by atoms with Gasteiger partial charge in [0, 0.05) is 19.2 Å². The quantitative estimate of drug-likeness (QED) is 0.891. The van der Waals surface area contributed by atoms with E-state index >= 15 is 0 Å². The highest BCUT2D eigenvalue weighted by molar-refractivity contribution is 5.34. The molecule has 0 aromatic heterocycles. The number of halogens is 3. The minimum atomic E-state index is -4.20. The highest BCUT2D eigenvalue weighted by Crippen LogP contribution is 2.37. The molecule has 0 spiro atoms. The summed E-state index contributed by atoms with van der Waals surface area (Å²) >= 11 is 0. The fraction of sp³-hybridized carbons (Fsp3) is 0.571. The summed E-state index contributed by atoms with van der Waals surface area (Å²) in [4.78, 5) is 1.45. The topological polar surface area (TPSA) is 23.5 Å². The highest BCUT2D eigenvalue weighted by atomic mass is 19.4. The Morgan fingerprint density at radius 2 is 2.00 bits per heavy atom. The van der Waals surface area contributed by atoms with Gasteiger partial charge >= 0.3 is 6.18 Å². The highest BCUT2D eigenvalue weighted by Gasteiger charge is 2.36. The van der Waals surface area contributed by atoms with Crippen LogP contribution in [0.4, 0.5) is 13.2 Å². The number of rotatable bonds is 5. The van der Waals surface area contributed by atoms with Crippen molar-refractivity contribution in [2.75, 3.05) is 19.7 Å². The predicted molar refractivity (Wildman–Crippen MR) is 66.8 cm³/mol. The van der Waals surface area contributed by atoms with Crippen molar-refractivity contribution in [2.24, 2.45) is 0 Å². The van der Waals surface area contributed by atoms with E-state index in [-0.39, 0.29) is 19.2 Å². The number of aliphatic hydroxyl groups excluding tert-OH is 1. The molecule has 1 aliphatic carbocycles. The average Bonchev–Trinajstić information content (AvgIpc) is 2.77. The van der Waals surface area contributed by atoms with Gasteiger partial charge in [0.2, 0.25) is 0 Å². The molecule has 0 amide bonds. The van der Waals surface area contributed by atoms with Gasteiger partial charge in [0.1, 0.15) is 0 Å². The summed E-state index contributed by atoms with van der Waals surface area (Å²) < 4.78 is 38.0. The van der Waals surface area contributed by atoms with Gasteiger partial charge in [-0.25, -0.2) is 0 Å². The lowest BCUT2D eigenvalue weighted by atomic mass is 10.1. The number of benzene rings is 1. The Bertz CT molecular complexity index is 419. The molecule has 2 nitrogen and oxygen atoms in total. The van der Waals surface area contributed by atoms with Crippen LogP contribution in [0.25, 0.3) is 0 Å². The lowest BCUT2D eigenvalue weighted by Gasteiger charge is -2.30. The number of aryl methyl sites for hydroxylation is 1. The standard InChI is InChI=1S/C14H18F3NO/c15-14(16,17)10-18(8-3-9-19)13-7-6-11-4-1-2-5-12(11)13/h1-2,4-5,13,19H,3,6-10H2. The van der Waals surface area contributed by atoms with Gasteiger partial charge in [-0.15, -0.1) is 0 Å². The average molecular weight is 273 g/mol. The summed E-state index contributed by atoms with van der Waals surface area (Å²) in [5.41, 5.74) is 2.15. The van der Waals surface area contributed by atoms with Gasteiger partial charge < -0.3 is 5.11 Å². The molecule has 0 saturated heterocycles. The Hall–Kier alpha value is -1.07. The van der Waals surface area contributed by atoms with Gasteiger partial charge in [-0.2, -0.15) is 13.2 Å². The molecule has 1 unspecified atom stereocenters. The molecular formula is C14H18F3NO. The lowest BCUT2D eigenvalue weighted by Crippen LogP contribution is -2.37. The van der Waals surface area contributed by atoms with E-state index in [1.165, 1.54) is 4.90 Å². The van der Waals surface area contributed by atoms with E-state index in [1.807, 2.05) is 24.3 Å². The van der Waals surface area contributed by atoms with Gasteiger partial charge in [0.05, 0.1) is 6.54 Å². The van der Waals surface area contributed by atoms with Gasteiger partial charge in [0.15, 0.2) is 0 Å². The molecule has 0 heterocycles. The van der Waals surface area contributed by atoms with E-state index in [9.17, 15) is 13.2 Å². The number of hydrogen-bond donors (Lipinski definition) is 1. The summed E-state index contributed by atoms with van der Waals surface area (Å²) in [6.07, 6.45) is -2.28. The third-order valence-corrected chi connectivity index (χ3v) is 3.53. The second-order valence-corrected chi connectivity index (χ2v) is 4.92. The van der Waals surface area contributed by atoms with Crippen LogP contribution in [0.3, 0.4) is 0 Å². The zero-order chi connectivity index (χ0) is 13.9. The molecule has 1 atom stereocenters. The molecule has 106 valence electrons. The number of nitrogens with zero attached hydrogens (tertiary/aromatic N) is 1. The van der Waals surface area contributed by atoms with Crippen LogP contribution >= 0.6 is 0 Å². The van der Waals surface area contributed by atoms with E-state index < -0.39 is 12.7 Å². The summed E-state index contributed by atoms with van der Waals surface area (Å²) in [6, 6.07) is 7.50. The van der Waals surface area contributed by atoms with Crippen molar-refractivity contribution in [3.63, 3.8) is 0 Å². The zero-order valence-corrected chi connectivity index (χ0v) is 10.7. The Balaban J connectivity index is 2.15. The second-order valence-electron chi connectivity index (χ2n) is 4.92. The maximum absolute atomic E-state index is 12.7. The Kier molecular flexibility index (Phi) is 4.47. The van der Waals surface area contributed by atoms with Gasteiger partial charge in [-0.3, -0.25) is 4.90 Å². The van der Waals surface area contributed by atoms with Crippen LogP contribution in [0.1, 0.15) is 30.0 Å². The molecule has 0 bridgehead atoms. The van der Waals surface area contributed by atoms with Crippen molar-refractivity contribution in [3.05, 3.63) is 35.4 Å². The number of fused-ring (bicyclic) bond motifs is 1. The van der Waals surface area contributed by atoms with Crippen LogP contribution in [0, 0.1) is 0 Å². The summed E-state index contributed by atoms with van der Waals surface area (Å²) in [6.45, 7) is -0.719. The first-order chi connectivity index (χ1) is 9.01. The third kappa shape index (κ3) is 3.70. The molecule has 0 saturated carbocycles. The molecule has 1 aliphatic rings. The number of aliphatic hydroxyl groups is 1. The molecule has 1 aromatic rings. The molecule has 1 aromatic carbocycles.